The Hall–Kier alpha value is -2.36. The molecule has 3 rings (SSSR count). The number of esters is 1. The first kappa shape index (κ1) is 17.5. The third-order valence-corrected chi connectivity index (χ3v) is 4.58. The van der Waals surface area contributed by atoms with Crippen molar-refractivity contribution >= 4 is 11.7 Å². The average molecular weight is 338 g/mol. The van der Waals surface area contributed by atoms with Crippen LogP contribution < -0.4 is 5.32 Å². The Bertz CT molecular complexity index is 776. The number of rotatable bonds is 3. The molecule has 0 fully saturated rings. The summed E-state index contributed by atoms with van der Waals surface area (Å²) in [6, 6.07) is 11.8. The number of fused-ring (bicyclic) bond motifs is 1. The van der Waals surface area contributed by atoms with Crippen molar-refractivity contribution in [3.8, 4) is 0 Å². The van der Waals surface area contributed by atoms with Gasteiger partial charge < -0.3 is 10.1 Å². The first-order chi connectivity index (χ1) is 11.7. The van der Waals surface area contributed by atoms with E-state index in [1.54, 1.807) is 0 Å². The standard InChI is InChI=1S/C21H26N2O2/c1-20(2,3)19(24)25-18(14-9-7-6-8-10-14)17-11-16-15(12-22-17)21(4,5)13-23-16/h6-12,18,23H,13H2,1-5H3. The van der Waals surface area contributed by atoms with Crippen molar-refractivity contribution in [3.63, 3.8) is 0 Å². The van der Waals surface area contributed by atoms with Crippen molar-refractivity contribution in [3.05, 3.63) is 59.4 Å². The molecule has 4 heteroatoms. The number of benzene rings is 1. The summed E-state index contributed by atoms with van der Waals surface area (Å²) in [5.74, 6) is -0.239. The van der Waals surface area contributed by atoms with Crippen molar-refractivity contribution in [1.82, 2.24) is 4.98 Å². The van der Waals surface area contributed by atoms with E-state index in [1.165, 1.54) is 5.56 Å². The van der Waals surface area contributed by atoms with Gasteiger partial charge >= 0.3 is 5.97 Å². The molecule has 0 saturated heterocycles. The van der Waals surface area contributed by atoms with Crippen LogP contribution in [0.3, 0.4) is 0 Å². The lowest BCUT2D eigenvalue weighted by atomic mass is 9.88. The Labute approximate surface area is 149 Å². The van der Waals surface area contributed by atoms with E-state index in [-0.39, 0.29) is 11.4 Å². The second-order valence-corrected chi connectivity index (χ2v) is 8.34. The number of carbonyl (C=O) groups is 1. The highest BCUT2D eigenvalue weighted by Gasteiger charge is 2.33. The van der Waals surface area contributed by atoms with Crippen molar-refractivity contribution in [1.29, 1.82) is 0 Å². The molecule has 0 aliphatic carbocycles. The molecule has 1 N–H and O–H groups in total. The number of aromatic nitrogens is 1. The van der Waals surface area contributed by atoms with Gasteiger partial charge in [-0.05, 0) is 32.4 Å². The molecule has 0 radical (unpaired) electrons. The van der Waals surface area contributed by atoms with E-state index >= 15 is 0 Å². The van der Waals surface area contributed by atoms with Crippen LogP contribution in [0.15, 0.2) is 42.6 Å². The number of carbonyl (C=O) groups excluding carboxylic acids is 1. The second-order valence-electron chi connectivity index (χ2n) is 8.34. The van der Waals surface area contributed by atoms with Crippen LogP contribution in [0.25, 0.3) is 0 Å². The van der Waals surface area contributed by atoms with Crippen LogP contribution in [0.4, 0.5) is 5.69 Å². The Morgan fingerprint density at radius 1 is 1.24 bits per heavy atom. The Balaban J connectivity index is 2.00. The Morgan fingerprint density at radius 2 is 1.92 bits per heavy atom. The molecule has 0 bridgehead atoms. The maximum Gasteiger partial charge on any atom is 0.312 e. The maximum atomic E-state index is 12.5. The summed E-state index contributed by atoms with van der Waals surface area (Å²) in [5, 5.41) is 3.44. The number of hydrogen-bond donors (Lipinski definition) is 1. The van der Waals surface area contributed by atoms with Crippen LogP contribution >= 0.6 is 0 Å². The fraction of sp³-hybridized carbons (Fsp3) is 0.429. The monoisotopic (exact) mass is 338 g/mol. The smallest absolute Gasteiger partial charge is 0.312 e. The van der Waals surface area contributed by atoms with Gasteiger partial charge in [-0.15, -0.1) is 0 Å². The molecule has 0 amide bonds. The first-order valence-corrected chi connectivity index (χ1v) is 8.69. The minimum absolute atomic E-state index is 0.0607. The van der Waals surface area contributed by atoms with Gasteiger partial charge in [-0.2, -0.15) is 0 Å². The lowest BCUT2D eigenvalue weighted by Gasteiger charge is -2.24. The van der Waals surface area contributed by atoms with Crippen LogP contribution in [0.2, 0.25) is 0 Å². The summed E-state index contributed by atoms with van der Waals surface area (Å²) in [6.45, 7) is 10.8. The average Bonchev–Trinajstić information content (AvgIpc) is 2.87. The zero-order chi connectivity index (χ0) is 18.2. The van der Waals surface area contributed by atoms with E-state index in [9.17, 15) is 4.79 Å². The molecular weight excluding hydrogens is 312 g/mol. The molecule has 2 heterocycles. The molecule has 1 unspecified atom stereocenters. The van der Waals surface area contributed by atoms with E-state index in [1.807, 2.05) is 63.4 Å². The largest absolute Gasteiger partial charge is 0.450 e. The van der Waals surface area contributed by atoms with Crippen molar-refractivity contribution in [2.45, 2.75) is 46.1 Å². The van der Waals surface area contributed by atoms with Gasteiger partial charge in [-0.1, -0.05) is 44.2 Å². The molecule has 4 nitrogen and oxygen atoms in total. The molecule has 1 aliphatic heterocycles. The van der Waals surface area contributed by atoms with Gasteiger partial charge in [0.15, 0.2) is 6.10 Å². The molecule has 1 atom stereocenters. The molecule has 1 aromatic heterocycles. The second kappa shape index (κ2) is 6.17. The molecule has 0 spiro atoms. The molecule has 25 heavy (non-hydrogen) atoms. The lowest BCUT2D eigenvalue weighted by Crippen LogP contribution is -2.26. The molecule has 132 valence electrons. The summed E-state index contributed by atoms with van der Waals surface area (Å²) >= 11 is 0. The van der Waals surface area contributed by atoms with Crippen LogP contribution in [0.1, 0.15) is 57.5 Å². The Morgan fingerprint density at radius 3 is 2.56 bits per heavy atom. The third kappa shape index (κ3) is 3.53. The minimum atomic E-state index is -0.565. The van der Waals surface area contributed by atoms with E-state index in [2.05, 4.69) is 24.1 Å². The highest BCUT2D eigenvalue weighted by molar-refractivity contribution is 5.76. The van der Waals surface area contributed by atoms with Gasteiger partial charge in [-0.3, -0.25) is 9.78 Å². The van der Waals surface area contributed by atoms with Gasteiger partial charge in [0.1, 0.15) is 0 Å². The van der Waals surface area contributed by atoms with Crippen molar-refractivity contribution in [2.24, 2.45) is 5.41 Å². The zero-order valence-electron chi connectivity index (χ0n) is 15.6. The van der Waals surface area contributed by atoms with Gasteiger partial charge in [0.2, 0.25) is 0 Å². The molecule has 1 aromatic carbocycles. The van der Waals surface area contributed by atoms with Gasteiger partial charge in [-0.25, -0.2) is 0 Å². The number of pyridine rings is 1. The van der Waals surface area contributed by atoms with E-state index in [0.717, 1.165) is 23.5 Å². The topological polar surface area (TPSA) is 51.2 Å². The zero-order valence-corrected chi connectivity index (χ0v) is 15.6. The molecule has 1 aliphatic rings. The summed E-state index contributed by atoms with van der Waals surface area (Å²) < 4.78 is 5.87. The fourth-order valence-electron chi connectivity index (χ4n) is 2.92. The summed E-state index contributed by atoms with van der Waals surface area (Å²) in [7, 11) is 0. The van der Waals surface area contributed by atoms with Crippen LogP contribution in [-0.2, 0) is 14.9 Å². The van der Waals surface area contributed by atoms with E-state index < -0.39 is 11.5 Å². The summed E-state index contributed by atoms with van der Waals surface area (Å²) in [6.07, 6.45) is 1.40. The third-order valence-electron chi connectivity index (χ3n) is 4.58. The molecule has 2 aromatic rings. The number of hydrogen-bond acceptors (Lipinski definition) is 4. The first-order valence-electron chi connectivity index (χ1n) is 8.69. The number of nitrogens with one attached hydrogen (secondary N) is 1. The number of ether oxygens (including phenoxy) is 1. The lowest BCUT2D eigenvalue weighted by molar-refractivity contribution is -0.157. The molecular formula is C21H26N2O2. The van der Waals surface area contributed by atoms with Crippen LogP contribution in [0, 0.1) is 5.41 Å². The number of anilines is 1. The SMILES string of the molecule is CC(C)(C)C(=O)OC(c1ccccc1)c1cc2c(cn1)C(C)(C)CN2. The highest BCUT2D eigenvalue weighted by atomic mass is 16.5. The van der Waals surface area contributed by atoms with Crippen molar-refractivity contribution in [2.75, 3.05) is 11.9 Å². The quantitative estimate of drug-likeness (QED) is 0.839. The predicted molar refractivity (Wildman–Crippen MR) is 99.6 cm³/mol. The molecule has 0 saturated carbocycles. The van der Waals surface area contributed by atoms with Crippen LogP contribution in [-0.4, -0.2) is 17.5 Å². The summed E-state index contributed by atoms with van der Waals surface area (Å²) in [4.78, 5) is 17.1. The fourth-order valence-corrected chi connectivity index (χ4v) is 2.92. The van der Waals surface area contributed by atoms with Crippen LogP contribution in [0.5, 0.6) is 0 Å². The van der Waals surface area contributed by atoms with Gasteiger partial charge in [0, 0.05) is 29.4 Å². The van der Waals surface area contributed by atoms with E-state index in [0.29, 0.717) is 0 Å². The highest BCUT2D eigenvalue weighted by Crippen LogP contribution is 2.38. The van der Waals surface area contributed by atoms with E-state index in [4.69, 9.17) is 4.74 Å². The van der Waals surface area contributed by atoms with Crippen molar-refractivity contribution < 1.29 is 9.53 Å². The maximum absolute atomic E-state index is 12.5. The predicted octanol–water partition coefficient (Wildman–Crippen LogP) is 4.46. The summed E-state index contributed by atoms with van der Waals surface area (Å²) in [5.41, 5.74) is 3.43. The van der Waals surface area contributed by atoms with Gasteiger partial charge in [0.25, 0.3) is 0 Å². The number of nitrogens with zero attached hydrogens (tertiary/aromatic N) is 1. The normalized spacial score (nSPS) is 16.7. The Kier molecular flexibility index (Phi) is 4.31. The minimum Gasteiger partial charge on any atom is -0.450 e. The van der Waals surface area contributed by atoms with Gasteiger partial charge in [0.05, 0.1) is 11.1 Å².